The Morgan fingerprint density at radius 2 is 1.93 bits per heavy atom. The summed E-state index contributed by atoms with van der Waals surface area (Å²) in [7, 11) is 0. The standard InChI is InChI=1S/C10H9ClN2O/c11-9-4-1-8(2-5-9)3-6-10-12-7-14-13-10/h1-2,4-5,7H,3,6H2. The first-order valence-corrected chi connectivity index (χ1v) is 4.72. The van der Waals surface area contributed by atoms with Gasteiger partial charge in [0.25, 0.3) is 0 Å². The molecule has 0 spiro atoms. The van der Waals surface area contributed by atoms with Gasteiger partial charge in [0.2, 0.25) is 6.39 Å². The van der Waals surface area contributed by atoms with Gasteiger partial charge in [0.1, 0.15) is 0 Å². The molecular formula is C10H9ClN2O. The highest BCUT2D eigenvalue weighted by molar-refractivity contribution is 6.30. The summed E-state index contributed by atoms with van der Waals surface area (Å²) in [5.74, 6) is 0.736. The van der Waals surface area contributed by atoms with Gasteiger partial charge < -0.3 is 4.52 Å². The van der Waals surface area contributed by atoms with Gasteiger partial charge in [-0.3, -0.25) is 0 Å². The maximum Gasteiger partial charge on any atom is 0.213 e. The number of benzene rings is 1. The fourth-order valence-electron chi connectivity index (χ4n) is 1.21. The Kier molecular flexibility index (Phi) is 2.79. The molecule has 1 aromatic heterocycles. The van der Waals surface area contributed by atoms with Crippen molar-refractivity contribution >= 4 is 11.6 Å². The quantitative estimate of drug-likeness (QED) is 0.778. The van der Waals surface area contributed by atoms with E-state index in [0.29, 0.717) is 0 Å². The number of rotatable bonds is 3. The zero-order valence-corrected chi connectivity index (χ0v) is 8.24. The highest BCUT2D eigenvalue weighted by atomic mass is 35.5. The molecule has 0 aliphatic heterocycles. The Bertz CT molecular complexity index is 383. The summed E-state index contributed by atoms with van der Waals surface area (Å²) in [4.78, 5) is 3.95. The van der Waals surface area contributed by atoms with Crippen LogP contribution in [0.15, 0.2) is 35.2 Å². The first kappa shape index (κ1) is 9.21. The molecule has 0 radical (unpaired) electrons. The normalized spacial score (nSPS) is 10.4. The van der Waals surface area contributed by atoms with Crippen LogP contribution in [0.5, 0.6) is 0 Å². The number of halogens is 1. The topological polar surface area (TPSA) is 38.9 Å². The molecule has 3 nitrogen and oxygen atoms in total. The number of aromatic nitrogens is 2. The van der Waals surface area contributed by atoms with Crippen molar-refractivity contribution < 1.29 is 4.52 Å². The second-order valence-corrected chi connectivity index (χ2v) is 3.41. The summed E-state index contributed by atoms with van der Waals surface area (Å²) in [6, 6.07) is 7.77. The molecule has 4 heteroatoms. The number of nitrogens with zero attached hydrogens (tertiary/aromatic N) is 2. The van der Waals surface area contributed by atoms with E-state index in [4.69, 9.17) is 11.6 Å². The summed E-state index contributed by atoms with van der Waals surface area (Å²) in [5.41, 5.74) is 1.22. The summed E-state index contributed by atoms with van der Waals surface area (Å²) in [6.07, 6.45) is 3.03. The van der Waals surface area contributed by atoms with Crippen LogP contribution in [0.25, 0.3) is 0 Å². The van der Waals surface area contributed by atoms with E-state index in [1.807, 2.05) is 24.3 Å². The minimum Gasteiger partial charge on any atom is -0.343 e. The van der Waals surface area contributed by atoms with Crippen molar-refractivity contribution in [3.63, 3.8) is 0 Å². The van der Waals surface area contributed by atoms with Gasteiger partial charge in [-0.05, 0) is 24.1 Å². The maximum atomic E-state index is 5.77. The molecule has 1 aromatic carbocycles. The molecule has 0 N–H and O–H groups in total. The van der Waals surface area contributed by atoms with Gasteiger partial charge in [0, 0.05) is 11.4 Å². The lowest BCUT2D eigenvalue weighted by Gasteiger charge is -1.97. The van der Waals surface area contributed by atoms with Crippen LogP contribution in [-0.2, 0) is 12.8 Å². The van der Waals surface area contributed by atoms with E-state index in [0.717, 1.165) is 23.7 Å². The average molecular weight is 209 g/mol. The molecule has 0 saturated heterocycles. The lowest BCUT2D eigenvalue weighted by molar-refractivity contribution is 0.410. The Labute approximate surface area is 86.7 Å². The van der Waals surface area contributed by atoms with Gasteiger partial charge in [-0.15, -0.1) is 0 Å². The summed E-state index contributed by atoms with van der Waals surface area (Å²) in [6.45, 7) is 0. The first-order valence-electron chi connectivity index (χ1n) is 4.34. The summed E-state index contributed by atoms with van der Waals surface area (Å²) < 4.78 is 4.64. The third-order valence-corrected chi connectivity index (χ3v) is 2.21. The molecule has 0 amide bonds. The Balaban J connectivity index is 1.95. The zero-order chi connectivity index (χ0) is 9.80. The van der Waals surface area contributed by atoms with Gasteiger partial charge in [0.05, 0.1) is 0 Å². The highest BCUT2D eigenvalue weighted by Gasteiger charge is 1.99. The van der Waals surface area contributed by atoms with Crippen LogP contribution < -0.4 is 0 Å². The van der Waals surface area contributed by atoms with E-state index in [-0.39, 0.29) is 0 Å². The van der Waals surface area contributed by atoms with Crippen LogP contribution in [-0.4, -0.2) is 10.1 Å². The molecule has 2 rings (SSSR count). The molecular weight excluding hydrogens is 200 g/mol. The molecule has 1 heterocycles. The number of aryl methyl sites for hydroxylation is 2. The van der Waals surface area contributed by atoms with Crippen molar-refractivity contribution in [1.29, 1.82) is 0 Å². The van der Waals surface area contributed by atoms with E-state index in [2.05, 4.69) is 14.7 Å². The largest absolute Gasteiger partial charge is 0.343 e. The lowest BCUT2D eigenvalue weighted by atomic mass is 10.1. The predicted molar refractivity (Wildman–Crippen MR) is 53.2 cm³/mol. The second-order valence-electron chi connectivity index (χ2n) is 2.97. The predicted octanol–water partition coefficient (Wildman–Crippen LogP) is 2.51. The monoisotopic (exact) mass is 208 g/mol. The van der Waals surface area contributed by atoms with Gasteiger partial charge >= 0.3 is 0 Å². The Hall–Kier alpha value is -1.35. The molecule has 0 bridgehead atoms. The van der Waals surface area contributed by atoms with Crippen molar-refractivity contribution in [1.82, 2.24) is 10.1 Å². The fraction of sp³-hybridized carbons (Fsp3) is 0.200. The van der Waals surface area contributed by atoms with E-state index >= 15 is 0 Å². The molecule has 0 unspecified atom stereocenters. The van der Waals surface area contributed by atoms with Gasteiger partial charge in [0.15, 0.2) is 5.82 Å². The van der Waals surface area contributed by atoms with Crippen LogP contribution in [0.1, 0.15) is 11.4 Å². The SMILES string of the molecule is Clc1ccc(CCc2ncon2)cc1. The van der Waals surface area contributed by atoms with Gasteiger partial charge in [-0.25, -0.2) is 0 Å². The van der Waals surface area contributed by atoms with E-state index in [9.17, 15) is 0 Å². The Morgan fingerprint density at radius 1 is 1.14 bits per heavy atom. The summed E-state index contributed by atoms with van der Waals surface area (Å²) >= 11 is 5.77. The minimum atomic E-state index is 0.736. The Morgan fingerprint density at radius 3 is 2.57 bits per heavy atom. The average Bonchev–Trinajstić information content (AvgIpc) is 2.70. The fourth-order valence-corrected chi connectivity index (χ4v) is 1.34. The molecule has 0 fully saturated rings. The first-order chi connectivity index (χ1) is 6.84. The van der Waals surface area contributed by atoms with E-state index in [1.165, 1.54) is 12.0 Å². The van der Waals surface area contributed by atoms with Crippen LogP contribution in [0.2, 0.25) is 5.02 Å². The lowest BCUT2D eigenvalue weighted by Crippen LogP contribution is -1.92. The third kappa shape index (κ3) is 2.33. The molecule has 0 atom stereocenters. The molecule has 72 valence electrons. The van der Waals surface area contributed by atoms with Crippen molar-refractivity contribution in [2.24, 2.45) is 0 Å². The molecule has 0 aliphatic carbocycles. The zero-order valence-electron chi connectivity index (χ0n) is 7.48. The molecule has 0 saturated carbocycles. The van der Waals surface area contributed by atoms with Crippen molar-refractivity contribution in [3.05, 3.63) is 47.1 Å². The van der Waals surface area contributed by atoms with Crippen LogP contribution in [0, 0.1) is 0 Å². The number of hydrogen-bond acceptors (Lipinski definition) is 3. The van der Waals surface area contributed by atoms with Gasteiger partial charge in [-0.2, -0.15) is 4.98 Å². The van der Waals surface area contributed by atoms with Crippen LogP contribution in [0.3, 0.4) is 0 Å². The maximum absolute atomic E-state index is 5.77. The molecule has 14 heavy (non-hydrogen) atoms. The van der Waals surface area contributed by atoms with Crippen LogP contribution in [0.4, 0.5) is 0 Å². The minimum absolute atomic E-state index is 0.736. The summed E-state index contributed by atoms with van der Waals surface area (Å²) in [5, 5.41) is 4.49. The van der Waals surface area contributed by atoms with Crippen LogP contribution >= 0.6 is 11.6 Å². The number of hydrogen-bond donors (Lipinski definition) is 0. The van der Waals surface area contributed by atoms with Crippen molar-refractivity contribution in [2.45, 2.75) is 12.8 Å². The second kappa shape index (κ2) is 4.24. The third-order valence-electron chi connectivity index (χ3n) is 1.96. The van der Waals surface area contributed by atoms with Crippen molar-refractivity contribution in [3.8, 4) is 0 Å². The van der Waals surface area contributed by atoms with Crippen molar-refractivity contribution in [2.75, 3.05) is 0 Å². The smallest absolute Gasteiger partial charge is 0.213 e. The molecule has 2 aromatic rings. The van der Waals surface area contributed by atoms with E-state index in [1.54, 1.807) is 0 Å². The van der Waals surface area contributed by atoms with E-state index < -0.39 is 0 Å². The highest BCUT2D eigenvalue weighted by Crippen LogP contribution is 2.10. The van der Waals surface area contributed by atoms with Gasteiger partial charge in [-0.1, -0.05) is 28.9 Å². The molecule has 0 aliphatic rings.